The van der Waals surface area contributed by atoms with Crippen molar-refractivity contribution in [1.29, 1.82) is 0 Å². The molecule has 1 N–H and O–H groups in total. The van der Waals surface area contributed by atoms with E-state index in [0.717, 1.165) is 17.2 Å². The molecule has 0 aliphatic carbocycles. The van der Waals surface area contributed by atoms with Crippen molar-refractivity contribution in [3.63, 3.8) is 0 Å². The van der Waals surface area contributed by atoms with E-state index < -0.39 is 5.97 Å². The van der Waals surface area contributed by atoms with Crippen LogP contribution >= 0.6 is 0 Å². The highest BCUT2D eigenvalue weighted by Gasteiger charge is 2.10. The molecule has 2 rings (SSSR count). The van der Waals surface area contributed by atoms with Gasteiger partial charge in [0, 0.05) is 12.5 Å². The van der Waals surface area contributed by atoms with E-state index in [-0.39, 0.29) is 12.4 Å². The molecular formula is C23H24O4. The highest BCUT2D eigenvalue weighted by atomic mass is 16.5. The van der Waals surface area contributed by atoms with Gasteiger partial charge in [0.2, 0.25) is 0 Å². The third-order valence-electron chi connectivity index (χ3n) is 3.92. The number of rotatable bonds is 8. The molecule has 0 aliphatic heterocycles. The van der Waals surface area contributed by atoms with Crippen LogP contribution in [0.5, 0.6) is 5.75 Å². The fourth-order valence-corrected chi connectivity index (χ4v) is 2.48. The van der Waals surface area contributed by atoms with Crippen LogP contribution in [0.4, 0.5) is 0 Å². The third kappa shape index (κ3) is 7.32. The first-order chi connectivity index (χ1) is 12.9. The summed E-state index contributed by atoms with van der Waals surface area (Å²) in [4.78, 5) is 23.0. The number of carbonyl (C=O) groups excluding carboxylic acids is 1. The second-order valence-electron chi connectivity index (χ2n) is 6.48. The zero-order valence-electron chi connectivity index (χ0n) is 15.6. The Morgan fingerprint density at radius 2 is 1.81 bits per heavy atom. The fraction of sp³-hybridized carbons (Fsp3) is 0.217. The SMILES string of the molecule is CC(C)=CCc1ccc(/C=C/C(=O)O)cc1OC(=O)CCc1ccccc1. The Balaban J connectivity index is 2.14. The molecule has 0 bridgehead atoms. The molecule has 140 valence electrons. The third-order valence-corrected chi connectivity index (χ3v) is 3.92. The van der Waals surface area contributed by atoms with Crippen LogP contribution in [-0.2, 0) is 22.4 Å². The quantitative estimate of drug-likeness (QED) is 0.315. The summed E-state index contributed by atoms with van der Waals surface area (Å²) in [5, 5.41) is 8.79. The van der Waals surface area contributed by atoms with Crippen molar-refractivity contribution < 1.29 is 19.4 Å². The minimum atomic E-state index is -1.02. The summed E-state index contributed by atoms with van der Waals surface area (Å²) in [7, 11) is 0. The molecule has 0 aliphatic rings. The zero-order chi connectivity index (χ0) is 19.6. The second-order valence-corrected chi connectivity index (χ2v) is 6.48. The lowest BCUT2D eigenvalue weighted by atomic mass is 10.1. The van der Waals surface area contributed by atoms with Crippen molar-refractivity contribution in [2.24, 2.45) is 0 Å². The van der Waals surface area contributed by atoms with Gasteiger partial charge in [0.15, 0.2) is 0 Å². The van der Waals surface area contributed by atoms with Gasteiger partial charge in [0.25, 0.3) is 0 Å². The first-order valence-electron chi connectivity index (χ1n) is 8.86. The summed E-state index contributed by atoms with van der Waals surface area (Å²) in [6.07, 6.45) is 6.14. The summed E-state index contributed by atoms with van der Waals surface area (Å²) >= 11 is 0. The van der Waals surface area contributed by atoms with E-state index in [1.807, 2.05) is 56.3 Å². The Bertz CT molecular complexity index is 844. The van der Waals surface area contributed by atoms with Gasteiger partial charge in [-0.25, -0.2) is 4.79 Å². The van der Waals surface area contributed by atoms with Gasteiger partial charge in [-0.05, 0) is 55.5 Å². The summed E-state index contributed by atoms with van der Waals surface area (Å²) in [6.45, 7) is 4.02. The van der Waals surface area contributed by atoms with Gasteiger partial charge in [0.1, 0.15) is 5.75 Å². The molecule has 0 amide bonds. The average molecular weight is 364 g/mol. The summed E-state index contributed by atoms with van der Waals surface area (Å²) < 4.78 is 5.60. The summed E-state index contributed by atoms with van der Waals surface area (Å²) in [5.74, 6) is -0.861. The van der Waals surface area contributed by atoms with Crippen LogP contribution in [0.3, 0.4) is 0 Å². The number of carboxylic acid groups (broad SMARTS) is 1. The van der Waals surface area contributed by atoms with Crippen molar-refractivity contribution >= 4 is 18.0 Å². The summed E-state index contributed by atoms with van der Waals surface area (Å²) in [5.41, 5.74) is 3.81. The molecule has 0 saturated carbocycles. The molecule has 0 aromatic heterocycles. The molecule has 0 atom stereocenters. The normalized spacial score (nSPS) is 10.6. The molecule has 0 saturated heterocycles. The lowest BCUT2D eigenvalue weighted by Crippen LogP contribution is -2.10. The van der Waals surface area contributed by atoms with Gasteiger partial charge < -0.3 is 9.84 Å². The molecule has 0 spiro atoms. The number of carboxylic acids is 1. The van der Waals surface area contributed by atoms with E-state index in [0.29, 0.717) is 24.2 Å². The Morgan fingerprint density at radius 1 is 1.07 bits per heavy atom. The number of allylic oxidation sites excluding steroid dienone is 2. The van der Waals surface area contributed by atoms with Crippen molar-refractivity contribution in [3.8, 4) is 5.75 Å². The highest BCUT2D eigenvalue weighted by Crippen LogP contribution is 2.23. The van der Waals surface area contributed by atoms with Crippen LogP contribution in [-0.4, -0.2) is 17.0 Å². The van der Waals surface area contributed by atoms with Gasteiger partial charge in [0.05, 0.1) is 0 Å². The van der Waals surface area contributed by atoms with Crippen molar-refractivity contribution in [1.82, 2.24) is 0 Å². The molecule has 0 heterocycles. The molecule has 0 fully saturated rings. The van der Waals surface area contributed by atoms with E-state index in [9.17, 15) is 9.59 Å². The minimum Gasteiger partial charge on any atom is -0.478 e. The van der Waals surface area contributed by atoms with Crippen LogP contribution in [0.1, 0.15) is 37.0 Å². The maximum Gasteiger partial charge on any atom is 0.328 e. The maximum atomic E-state index is 12.3. The predicted molar refractivity (Wildman–Crippen MR) is 107 cm³/mol. The van der Waals surface area contributed by atoms with E-state index in [1.165, 1.54) is 11.6 Å². The van der Waals surface area contributed by atoms with Crippen LogP contribution in [0.15, 0.2) is 66.3 Å². The highest BCUT2D eigenvalue weighted by molar-refractivity contribution is 5.85. The van der Waals surface area contributed by atoms with E-state index in [4.69, 9.17) is 9.84 Å². The van der Waals surface area contributed by atoms with Crippen molar-refractivity contribution in [2.75, 3.05) is 0 Å². The lowest BCUT2D eigenvalue weighted by Gasteiger charge is -2.10. The molecule has 4 heteroatoms. The first kappa shape index (κ1) is 20.2. The standard InChI is InChI=1S/C23H24O4/c1-17(2)8-12-20-13-9-19(10-14-22(24)25)16-21(20)27-23(26)15-11-18-6-4-3-5-7-18/h3-10,13-14,16H,11-12,15H2,1-2H3,(H,24,25)/b14-10+. The number of aliphatic carboxylic acids is 1. The molecule has 4 nitrogen and oxygen atoms in total. The van der Waals surface area contributed by atoms with Gasteiger partial charge in [-0.1, -0.05) is 54.1 Å². The van der Waals surface area contributed by atoms with Crippen molar-refractivity contribution in [2.45, 2.75) is 33.1 Å². The Hall–Kier alpha value is -3.14. The molecule has 27 heavy (non-hydrogen) atoms. The van der Waals surface area contributed by atoms with Crippen LogP contribution in [0, 0.1) is 0 Å². The number of benzene rings is 2. The largest absolute Gasteiger partial charge is 0.478 e. The molecule has 0 radical (unpaired) electrons. The number of hydrogen-bond donors (Lipinski definition) is 1. The number of hydrogen-bond acceptors (Lipinski definition) is 3. The van der Waals surface area contributed by atoms with Crippen LogP contribution < -0.4 is 4.74 Å². The Kier molecular flexibility index (Phi) is 7.56. The first-order valence-corrected chi connectivity index (χ1v) is 8.86. The molecule has 2 aromatic rings. The second kappa shape index (κ2) is 10.1. The van der Waals surface area contributed by atoms with Gasteiger partial charge in [-0.15, -0.1) is 0 Å². The monoisotopic (exact) mass is 364 g/mol. The average Bonchev–Trinajstić information content (AvgIpc) is 2.64. The lowest BCUT2D eigenvalue weighted by molar-refractivity contribution is -0.134. The molecular weight excluding hydrogens is 340 g/mol. The van der Waals surface area contributed by atoms with E-state index in [1.54, 1.807) is 6.07 Å². The van der Waals surface area contributed by atoms with E-state index >= 15 is 0 Å². The Morgan fingerprint density at radius 3 is 2.48 bits per heavy atom. The molecule has 2 aromatic carbocycles. The fourth-order valence-electron chi connectivity index (χ4n) is 2.48. The van der Waals surface area contributed by atoms with Crippen LogP contribution in [0.25, 0.3) is 6.08 Å². The zero-order valence-corrected chi connectivity index (χ0v) is 15.6. The van der Waals surface area contributed by atoms with E-state index in [2.05, 4.69) is 6.08 Å². The Labute approximate surface area is 159 Å². The number of carbonyl (C=O) groups is 2. The topological polar surface area (TPSA) is 63.6 Å². The van der Waals surface area contributed by atoms with Gasteiger partial charge >= 0.3 is 11.9 Å². The van der Waals surface area contributed by atoms with Crippen LogP contribution in [0.2, 0.25) is 0 Å². The predicted octanol–water partition coefficient (Wildman–Crippen LogP) is 4.83. The minimum absolute atomic E-state index is 0.279. The van der Waals surface area contributed by atoms with Gasteiger partial charge in [-0.2, -0.15) is 0 Å². The number of aryl methyl sites for hydroxylation is 1. The maximum absolute atomic E-state index is 12.3. The smallest absolute Gasteiger partial charge is 0.328 e. The summed E-state index contributed by atoms with van der Waals surface area (Å²) in [6, 6.07) is 15.2. The number of ether oxygens (including phenoxy) is 1. The molecule has 0 unspecified atom stereocenters. The van der Waals surface area contributed by atoms with Crippen molar-refractivity contribution in [3.05, 3.63) is 82.9 Å². The van der Waals surface area contributed by atoms with Gasteiger partial charge in [-0.3, -0.25) is 4.79 Å². The number of esters is 1.